The zero-order valence-electron chi connectivity index (χ0n) is 13.3. The fourth-order valence-corrected chi connectivity index (χ4v) is 2.76. The summed E-state index contributed by atoms with van der Waals surface area (Å²) in [6.07, 6.45) is 1.80. The van der Waals surface area contributed by atoms with Gasteiger partial charge in [-0.05, 0) is 28.5 Å². The van der Waals surface area contributed by atoms with Crippen LogP contribution < -0.4 is 11.1 Å². The number of fused-ring (bicyclic) bond motifs is 1. The van der Waals surface area contributed by atoms with Crippen molar-refractivity contribution in [2.24, 2.45) is 5.73 Å². The van der Waals surface area contributed by atoms with Gasteiger partial charge in [-0.2, -0.15) is 0 Å². The number of halogens is 1. The minimum absolute atomic E-state index is 0.246. The first-order valence-corrected chi connectivity index (χ1v) is 8.11. The quantitative estimate of drug-likeness (QED) is 0.691. The maximum Gasteiger partial charge on any atom is 0.252 e. The topological polar surface area (TPSA) is 85.1 Å². The van der Waals surface area contributed by atoms with E-state index in [0.29, 0.717) is 10.7 Å². The van der Waals surface area contributed by atoms with Gasteiger partial charge in [-0.1, -0.05) is 54.1 Å². The largest absolute Gasteiger partial charge is 0.368 e. The van der Waals surface area contributed by atoms with Gasteiger partial charge in [0.05, 0.1) is 0 Å². The highest BCUT2D eigenvalue weighted by atomic mass is 35.5. The standard InChI is InChI=1S/C19H16ClN3O2/c20-17-9-8-12(11-22-17)10-16(18(21)24)23-19(25)15-7-3-5-13-4-1-2-6-14(13)15/h1-9,11,16H,10H2,(H2,21,24)(H,23,25)/t16-/m0/s1. The van der Waals surface area contributed by atoms with Crippen molar-refractivity contribution < 1.29 is 9.59 Å². The summed E-state index contributed by atoms with van der Waals surface area (Å²) in [5.74, 6) is -0.953. The van der Waals surface area contributed by atoms with Crippen LogP contribution in [0.25, 0.3) is 10.8 Å². The molecule has 0 bridgehead atoms. The van der Waals surface area contributed by atoms with Crippen molar-refractivity contribution >= 4 is 34.2 Å². The molecule has 0 aliphatic rings. The summed E-state index contributed by atoms with van der Waals surface area (Å²) >= 11 is 5.76. The van der Waals surface area contributed by atoms with E-state index in [0.717, 1.165) is 16.3 Å². The molecule has 0 spiro atoms. The van der Waals surface area contributed by atoms with Gasteiger partial charge >= 0.3 is 0 Å². The van der Waals surface area contributed by atoms with E-state index in [1.165, 1.54) is 0 Å². The number of hydrogen-bond donors (Lipinski definition) is 2. The molecule has 2 aromatic carbocycles. The number of amides is 2. The molecule has 1 heterocycles. The third-order valence-corrected chi connectivity index (χ3v) is 4.14. The van der Waals surface area contributed by atoms with Crippen molar-refractivity contribution in [3.63, 3.8) is 0 Å². The molecule has 0 saturated heterocycles. The predicted molar refractivity (Wildman–Crippen MR) is 97.3 cm³/mol. The van der Waals surface area contributed by atoms with E-state index in [1.54, 1.807) is 30.5 Å². The Labute approximate surface area is 149 Å². The highest BCUT2D eigenvalue weighted by Gasteiger charge is 2.20. The number of aromatic nitrogens is 1. The van der Waals surface area contributed by atoms with E-state index < -0.39 is 11.9 Å². The number of pyridine rings is 1. The molecule has 0 aliphatic carbocycles. The van der Waals surface area contributed by atoms with Crippen LogP contribution in [0, 0.1) is 0 Å². The van der Waals surface area contributed by atoms with Crippen LogP contribution in [0.5, 0.6) is 0 Å². The van der Waals surface area contributed by atoms with Gasteiger partial charge < -0.3 is 11.1 Å². The van der Waals surface area contributed by atoms with E-state index in [1.807, 2.05) is 30.3 Å². The number of primary amides is 1. The van der Waals surface area contributed by atoms with E-state index in [-0.39, 0.29) is 12.3 Å². The number of benzene rings is 2. The number of nitrogens with one attached hydrogen (secondary N) is 1. The van der Waals surface area contributed by atoms with Crippen molar-refractivity contribution in [3.05, 3.63) is 77.1 Å². The molecule has 0 fully saturated rings. The summed E-state index contributed by atoms with van der Waals surface area (Å²) < 4.78 is 0. The second kappa shape index (κ2) is 7.32. The molecule has 2 amide bonds. The van der Waals surface area contributed by atoms with Crippen LogP contribution in [0.2, 0.25) is 5.15 Å². The zero-order chi connectivity index (χ0) is 17.8. The van der Waals surface area contributed by atoms with Crippen molar-refractivity contribution in [2.75, 3.05) is 0 Å². The third kappa shape index (κ3) is 3.95. The number of rotatable bonds is 5. The number of nitrogens with zero attached hydrogens (tertiary/aromatic N) is 1. The molecule has 0 unspecified atom stereocenters. The van der Waals surface area contributed by atoms with E-state index in [4.69, 9.17) is 17.3 Å². The first-order chi connectivity index (χ1) is 12.0. The van der Waals surface area contributed by atoms with Gasteiger partial charge in [0.2, 0.25) is 5.91 Å². The molecule has 0 aliphatic heterocycles. The molecular weight excluding hydrogens is 338 g/mol. The number of carbonyl (C=O) groups is 2. The monoisotopic (exact) mass is 353 g/mol. The van der Waals surface area contributed by atoms with Crippen molar-refractivity contribution in [2.45, 2.75) is 12.5 Å². The molecule has 3 N–H and O–H groups in total. The third-order valence-electron chi connectivity index (χ3n) is 3.91. The molecule has 25 heavy (non-hydrogen) atoms. The molecule has 5 nitrogen and oxygen atoms in total. The van der Waals surface area contributed by atoms with E-state index in [2.05, 4.69) is 10.3 Å². The summed E-state index contributed by atoms with van der Waals surface area (Å²) in [4.78, 5) is 28.4. The van der Waals surface area contributed by atoms with E-state index in [9.17, 15) is 9.59 Å². The molecule has 3 rings (SSSR count). The van der Waals surface area contributed by atoms with E-state index >= 15 is 0 Å². The number of nitrogens with two attached hydrogens (primary N) is 1. The van der Waals surface area contributed by atoms with Crippen LogP contribution >= 0.6 is 11.6 Å². The molecule has 0 saturated carbocycles. The summed E-state index contributed by atoms with van der Waals surface area (Å²) in [6.45, 7) is 0. The average molecular weight is 354 g/mol. The summed E-state index contributed by atoms with van der Waals surface area (Å²) in [6, 6.07) is 15.6. The van der Waals surface area contributed by atoms with Crippen molar-refractivity contribution in [1.29, 1.82) is 0 Å². The Morgan fingerprint density at radius 2 is 1.84 bits per heavy atom. The second-order valence-electron chi connectivity index (χ2n) is 5.65. The molecule has 1 aromatic heterocycles. The van der Waals surface area contributed by atoms with Crippen molar-refractivity contribution in [1.82, 2.24) is 10.3 Å². The highest BCUT2D eigenvalue weighted by molar-refractivity contribution is 6.29. The minimum atomic E-state index is -0.838. The average Bonchev–Trinajstić information content (AvgIpc) is 2.62. The van der Waals surface area contributed by atoms with Gasteiger partial charge in [-0.25, -0.2) is 4.98 Å². The number of carbonyl (C=O) groups excluding carboxylic acids is 2. The normalized spacial score (nSPS) is 11.9. The lowest BCUT2D eigenvalue weighted by atomic mass is 10.0. The van der Waals surface area contributed by atoms with Gasteiger partial charge in [0.25, 0.3) is 5.91 Å². The molecular formula is C19H16ClN3O2. The highest BCUT2D eigenvalue weighted by Crippen LogP contribution is 2.18. The molecule has 126 valence electrons. The lowest BCUT2D eigenvalue weighted by Crippen LogP contribution is -2.45. The Morgan fingerprint density at radius 3 is 2.56 bits per heavy atom. The summed E-state index contributed by atoms with van der Waals surface area (Å²) in [5.41, 5.74) is 6.71. The Bertz CT molecular complexity index is 920. The van der Waals surface area contributed by atoms with Gasteiger partial charge in [0, 0.05) is 18.2 Å². The Morgan fingerprint density at radius 1 is 1.08 bits per heavy atom. The van der Waals surface area contributed by atoms with Crippen LogP contribution in [0.4, 0.5) is 0 Å². The predicted octanol–water partition coefficient (Wildman–Crippen LogP) is 2.71. The summed E-state index contributed by atoms with van der Waals surface area (Å²) in [5, 5.41) is 4.84. The van der Waals surface area contributed by atoms with Gasteiger partial charge in [-0.3, -0.25) is 9.59 Å². The van der Waals surface area contributed by atoms with Crippen LogP contribution in [-0.2, 0) is 11.2 Å². The second-order valence-corrected chi connectivity index (χ2v) is 6.04. The lowest BCUT2D eigenvalue weighted by molar-refractivity contribution is -0.119. The first-order valence-electron chi connectivity index (χ1n) is 7.73. The van der Waals surface area contributed by atoms with Crippen molar-refractivity contribution in [3.8, 4) is 0 Å². The molecule has 3 aromatic rings. The zero-order valence-corrected chi connectivity index (χ0v) is 14.0. The maximum atomic E-state index is 12.7. The molecule has 0 radical (unpaired) electrons. The SMILES string of the molecule is NC(=O)[C@H](Cc1ccc(Cl)nc1)NC(=O)c1cccc2ccccc12. The van der Waals surface area contributed by atoms with Gasteiger partial charge in [0.15, 0.2) is 0 Å². The molecule has 6 heteroatoms. The lowest BCUT2D eigenvalue weighted by Gasteiger charge is -2.16. The summed E-state index contributed by atoms with van der Waals surface area (Å²) in [7, 11) is 0. The Kier molecular flexibility index (Phi) is 4.95. The fourth-order valence-electron chi connectivity index (χ4n) is 2.65. The van der Waals surface area contributed by atoms with Gasteiger partial charge in [-0.15, -0.1) is 0 Å². The van der Waals surface area contributed by atoms with Crippen LogP contribution in [0.1, 0.15) is 15.9 Å². The Hall–Kier alpha value is -2.92. The fraction of sp³-hybridized carbons (Fsp3) is 0.105. The van der Waals surface area contributed by atoms with Crippen LogP contribution in [-0.4, -0.2) is 22.8 Å². The molecule has 1 atom stereocenters. The Balaban J connectivity index is 1.83. The van der Waals surface area contributed by atoms with Crippen LogP contribution in [0.3, 0.4) is 0 Å². The number of hydrogen-bond acceptors (Lipinski definition) is 3. The van der Waals surface area contributed by atoms with Crippen LogP contribution in [0.15, 0.2) is 60.8 Å². The minimum Gasteiger partial charge on any atom is -0.368 e. The van der Waals surface area contributed by atoms with Gasteiger partial charge in [0.1, 0.15) is 11.2 Å². The maximum absolute atomic E-state index is 12.7. The smallest absolute Gasteiger partial charge is 0.252 e. The first kappa shape index (κ1) is 16.9.